The Morgan fingerprint density at radius 3 is 2.88 bits per heavy atom. The number of nitrogens with zero attached hydrogens (tertiary/aromatic N) is 4. The SMILES string of the molecule is CN(Cc1cccnc1)C1CCC[C@@H]2CN(C(=O)c3cccn3C)C[C@H]12. The van der Waals surface area contributed by atoms with Crippen LogP contribution in [0.3, 0.4) is 0 Å². The highest BCUT2D eigenvalue weighted by Gasteiger charge is 2.43. The van der Waals surface area contributed by atoms with Gasteiger partial charge in [0.15, 0.2) is 0 Å². The Hall–Kier alpha value is -2.14. The summed E-state index contributed by atoms with van der Waals surface area (Å²) in [5, 5.41) is 0. The molecule has 3 atom stereocenters. The number of rotatable bonds is 4. The first kappa shape index (κ1) is 17.3. The van der Waals surface area contributed by atoms with Crippen molar-refractivity contribution in [2.24, 2.45) is 18.9 Å². The van der Waals surface area contributed by atoms with E-state index in [1.807, 2.05) is 48.4 Å². The van der Waals surface area contributed by atoms with Crippen molar-refractivity contribution < 1.29 is 4.79 Å². The third kappa shape index (κ3) is 3.28. The van der Waals surface area contributed by atoms with Gasteiger partial charge in [-0.15, -0.1) is 0 Å². The summed E-state index contributed by atoms with van der Waals surface area (Å²) in [5.41, 5.74) is 2.05. The van der Waals surface area contributed by atoms with Crippen LogP contribution in [-0.2, 0) is 13.6 Å². The lowest BCUT2D eigenvalue weighted by Crippen LogP contribution is -2.43. The smallest absolute Gasteiger partial charge is 0.270 e. The molecule has 5 heteroatoms. The maximum absolute atomic E-state index is 12.9. The number of fused-ring (bicyclic) bond motifs is 1. The third-order valence-corrected chi connectivity index (χ3v) is 6.23. The predicted molar refractivity (Wildman–Crippen MR) is 102 cm³/mol. The Morgan fingerprint density at radius 2 is 2.15 bits per heavy atom. The highest BCUT2D eigenvalue weighted by molar-refractivity contribution is 5.93. The monoisotopic (exact) mass is 352 g/mol. The molecular weight excluding hydrogens is 324 g/mol. The predicted octanol–water partition coefficient (Wildman–Crippen LogP) is 2.79. The molecule has 2 aromatic rings. The van der Waals surface area contributed by atoms with Crippen molar-refractivity contribution in [3.05, 3.63) is 54.1 Å². The van der Waals surface area contributed by atoms with Gasteiger partial charge in [0, 0.05) is 51.3 Å². The molecule has 2 aromatic heterocycles. The summed E-state index contributed by atoms with van der Waals surface area (Å²) in [6, 6.07) is 8.56. The first-order valence-corrected chi connectivity index (χ1v) is 9.63. The highest BCUT2D eigenvalue weighted by atomic mass is 16.2. The second-order valence-corrected chi connectivity index (χ2v) is 7.91. The molecule has 1 saturated carbocycles. The second kappa shape index (κ2) is 7.23. The van der Waals surface area contributed by atoms with Crippen molar-refractivity contribution in [3.8, 4) is 0 Å². The van der Waals surface area contributed by atoms with E-state index in [0.29, 0.717) is 17.9 Å². The molecule has 3 heterocycles. The quantitative estimate of drug-likeness (QED) is 0.850. The van der Waals surface area contributed by atoms with Gasteiger partial charge in [-0.2, -0.15) is 0 Å². The van der Waals surface area contributed by atoms with E-state index in [-0.39, 0.29) is 5.91 Å². The van der Waals surface area contributed by atoms with Crippen molar-refractivity contribution in [1.29, 1.82) is 0 Å². The fourth-order valence-electron chi connectivity index (χ4n) is 4.90. The Labute approximate surface area is 155 Å². The van der Waals surface area contributed by atoms with Crippen LogP contribution in [0.15, 0.2) is 42.9 Å². The van der Waals surface area contributed by atoms with Crippen LogP contribution >= 0.6 is 0 Å². The number of hydrogen-bond acceptors (Lipinski definition) is 3. The number of aromatic nitrogens is 2. The minimum Gasteiger partial charge on any atom is -0.347 e. The third-order valence-electron chi connectivity index (χ3n) is 6.23. The molecule has 0 spiro atoms. The van der Waals surface area contributed by atoms with Crippen LogP contribution in [-0.4, -0.2) is 51.4 Å². The molecule has 0 N–H and O–H groups in total. The highest BCUT2D eigenvalue weighted by Crippen LogP contribution is 2.39. The van der Waals surface area contributed by atoms with Gasteiger partial charge in [-0.25, -0.2) is 0 Å². The molecule has 26 heavy (non-hydrogen) atoms. The van der Waals surface area contributed by atoms with Gasteiger partial charge < -0.3 is 9.47 Å². The zero-order valence-electron chi connectivity index (χ0n) is 15.7. The van der Waals surface area contributed by atoms with Crippen LogP contribution in [0.4, 0.5) is 0 Å². The molecule has 2 aliphatic rings. The molecule has 1 aliphatic heterocycles. The van der Waals surface area contributed by atoms with E-state index in [1.165, 1.54) is 24.8 Å². The summed E-state index contributed by atoms with van der Waals surface area (Å²) in [4.78, 5) is 21.7. The van der Waals surface area contributed by atoms with E-state index >= 15 is 0 Å². The molecule has 1 aliphatic carbocycles. The maximum Gasteiger partial charge on any atom is 0.270 e. The van der Waals surface area contributed by atoms with Crippen LogP contribution in [0.25, 0.3) is 0 Å². The summed E-state index contributed by atoms with van der Waals surface area (Å²) in [6.45, 7) is 2.72. The summed E-state index contributed by atoms with van der Waals surface area (Å²) in [6.07, 6.45) is 9.46. The van der Waals surface area contributed by atoms with E-state index in [4.69, 9.17) is 0 Å². The van der Waals surface area contributed by atoms with Gasteiger partial charge in [0.05, 0.1) is 0 Å². The number of carbonyl (C=O) groups excluding carboxylic acids is 1. The molecule has 1 saturated heterocycles. The average molecular weight is 352 g/mol. The van der Waals surface area contributed by atoms with Gasteiger partial charge in [0.2, 0.25) is 0 Å². The van der Waals surface area contributed by atoms with Crippen molar-refractivity contribution >= 4 is 5.91 Å². The number of carbonyl (C=O) groups is 1. The van der Waals surface area contributed by atoms with Gasteiger partial charge in [-0.1, -0.05) is 12.5 Å². The van der Waals surface area contributed by atoms with E-state index in [2.05, 4.69) is 27.9 Å². The Balaban J connectivity index is 1.46. The fraction of sp³-hybridized carbons (Fsp3) is 0.524. The molecule has 0 bridgehead atoms. The largest absolute Gasteiger partial charge is 0.347 e. The van der Waals surface area contributed by atoms with Gasteiger partial charge in [-0.3, -0.25) is 14.7 Å². The molecule has 4 rings (SSSR count). The van der Waals surface area contributed by atoms with Gasteiger partial charge in [-0.05, 0) is 55.5 Å². The van der Waals surface area contributed by atoms with E-state index in [1.54, 1.807) is 0 Å². The average Bonchev–Trinajstić information content (AvgIpc) is 3.27. The molecule has 0 radical (unpaired) electrons. The lowest BCUT2D eigenvalue weighted by Gasteiger charge is -2.39. The van der Waals surface area contributed by atoms with Gasteiger partial charge in [0.1, 0.15) is 5.69 Å². The fourth-order valence-corrected chi connectivity index (χ4v) is 4.90. The lowest BCUT2D eigenvalue weighted by molar-refractivity contribution is 0.0761. The normalized spacial score (nSPS) is 25.5. The maximum atomic E-state index is 12.9. The number of amides is 1. The summed E-state index contributed by atoms with van der Waals surface area (Å²) >= 11 is 0. The van der Waals surface area contributed by atoms with Crippen LogP contribution < -0.4 is 0 Å². The molecule has 2 fully saturated rings. The molecule has 138 valence electrons. The first-order chi connectivity index (χ1) is 12.6. The van der Waals surface area contributed by atoms with Crippen molar-refractivity contribution in [2.75, 3.05) is 20.1 Å². The molecule has 0 aromatic carbocycles. The minimum atomic E-state index is 0.181. The van der Waals surface area contributed by atoms with E-state index < -0.39 is 0 Å². The number of hydrogen-bond donors (Lipinski definition) is 0. The second-order valence-electron chi connectivity index (χ2n) is 7.91. The van der Waals surface area contributed by atoms with Crippen molar-refractivity contribution in [1.82, 2.24) is 19.4 Å². The summed E-state index contributed by atoms with van der Waals surface area (Å²) < 4.78 is 1.93. The van der Waals surface area contributed by atoms with Crippen molar-refractivity contribution in [3.63, 3.8) is 0 Å². The zero-order chi connectivity index (χ0) is 18.1. The number of likely N-dealkylation sites (tertiary alicyclic amines) is 1. The van der Waals surface area contributed by atoms with Crippen LogP contribution in [0.2, 0.25) is 0 Å². The Bertz CT molecular complexity index is 756. The minimum absolute atomic E-state index is 0.181. The molecule has 1 unspecified atom stereocenters. The van der Waals surface area contributed by atoms with E-state index in [0.717, 1.165) is 25.3 Å². The van der Waals surface area contributed by atoms with Gasteiger partial charge in [0.25, 0.3) is 5.91 Å². The van der Waals surface area contributed by atoms with E-state index in [9.17, 15) is 4.79 Å². The van der Waals surface area contributed by atoms with Crippen molar-refractivity contribution in [2.45, 2.75) is 31.8 Å². The van der Waals surface area contributed by atoms with Crippen LogP contribution in [0.1, 0.15) is 35.3 Å². The Morgan fingerprint density at radius 1 is 1.27 bits per heavy atom. The number of pyridine rings is 1. The van der Waals surface area contributed by atoms with Crippen LogP contribution in [0, 0.1) is 11.8 Å². The molecule has 5 nitrogen and oxygen atoms in total. The standard InChI is InChI=1S/C21H28N4O/c1-23-11-5-9-20(23)21(26)25-14-17-7-3-8-19(18(17)15-25)24(2)13-16-6-4-10-22-12-16/h4-6,9-12,17-19H,3,7-8,13-15H2,1-2H3/t17-,18+,19?/m1/s1. The zero-order valence-corrected chi connectivity index (χ0v) is 15.7. The molecule has 1 amide bonds. The number of aryl methyl sites for hydroxylation is 1. The lowest BCUT2D eigenvalue weighted by atomic mass is 9.77. The van der Waals surface area contributed by atoms with Gasteiger partial charge >= 0.3 is 0 Å². The first-order valence-electron chi connectivity index (χ1n) is 9.63. The topological polar surface area (TPSA) is 41.4 Å². The summed E-state index contributed by atoms with van der Waals surface area (Å²) in [5.74, 6) is 1.39. The van der Waals surface area contributed by atoms with Crippen LogP contribution in [0.5, 0.6) is 0 Å². The summed E-state index contributed by atoms with van der Waals surface area (Å²) in [7, 11) is 4.17. The Kier molecular flexibility index (Phi) is 4.81. The molecular formula is C21H28N4O.